The molecule has 0 spiro atoms. The number of imide groups is 1. The summed E-state index contributed by atoms with van der Waals surface area (Å²) in [5.41, 5.74) is 1.91. The quantitative estimate of drug-likeness (QED) is 0.464. The Labute approximate surface area is 200 Å². The lowest BCUT2D eigenvalue weighted by atomic mass is 10.1. The minimum absolute atomic E-state index is 0.153. The first-order valence-electron chi connectivity index (χ1n) is 10.3. The van der Waals surface area contributed by atoms with E-state index in [2.05, 4.69) is 21.2 Å². The van der Waals surface area contributed by atoms with E-state index in [9.17, 15) is 14.4 Å². The van der Waals surface area contributed by atoms with Crippen LogP contribution < -0.4 is 15.0 Å². The van der Waals surface area contributed by atoms with Crippen LogP contribution in [0.15, 0.2) is 83.3 Å². The highest BCUT2D eigenvalue weighted by Crippen LogP contribution is 2.29. The normalized spacial score (nSPS) is 15.6. The van der Waals surface area contributed by atoms with Crippen molar-refractivity contribution in [3.8, 4) is 5.75 Å². The summed E-state index contributed by atoms with van der Waals surface area (Å²) >= 11 is 3.36. The van der Waals surface area contributed by atoms with Crippen molar-refractivity contribution in [1.29, 1.82) is 0 Å². The van der Waals surface area contributed by atoms with Gasteiger partial charge in [-0.1, -0.05) is 46.3 Å². The summed E-state index contributed by atoms with van der Waals surface area (Å²) in [6, 6.07) is 21.8. The first-order chi connectivity index (χ1) is 16.0. The van der Waals surface area contributed by atoms with Gasteiger partial charge in [0.25, 0.3) is 5.91 Å². The lowest BCUT2D eigenvalue weighted by Crippen LogP contribution is -2.37. The molecule has 1 atom stereocenters. The summed E-state index contributed by atoms with van der Waals surface area (Å²) in [6.07, 6.45) is -0.153. The number of amides is 4. The first kappa shape index (κ1) is 22.5. The molecular weight excluding hydrogens is 486 g/mol. The fraction of sp³-hybridized carbons (Fsp3) is 0.160. The second-order valence-corrected chi connectivity index (χ2v) is 8.46. The number of carbonyl (C=O) groups is 3. The van der Waals surface area contributed by atoms with Crippen LogP contribution in [-0.2, 0) is 16.1 Å². The number of ether oxygens (including phenoxy) is 1. The van der Waals surface area contributed by atoms with Gasteiger partial charge in [0.2, 0.25) is 5.91 Å². The Morgan fingerprint density at radius 2 is 1.64 bits per heavy atom. The van der Waals surface area contributed by atoms with Crippen molar-refractivity contribution in [2.45, 2.75) is 19.0 Å². The van der Waals surface area contributed by atoms with Crippen LogP contribution in [-0.4, -0.2) is 35.9 Å². The van der Waals surface area contributed by atoms with Gasteiger partial charge in [-0.25, -0.2) is 9.69 Å². The van der Waals surface area contributed by atoms with Gasteiger partial charge in [0.1, 0.15) is 11.8 Å². The SMILES string of the molecule is COc1ccc(CN2C(=O)N(c3ccccc3)C(=O)[C@H]2CC(=O)Nc2ccc(Br)cc2)cc1. The molecule has 0 aromatic heterocycles. The molecule has 8 heteroatoms. The zero-order chi connectivity index (χ0) is 23.4. The van der Waals surface area contributed by atoms with Crippen LogP contribution in [0, 0.1) is 0 Å². The number of methoxy groups -OCH3 is 1. The molecule has 1 saturated heterocycles. The van der Waals surface area contributed by atoms with Crippen molar-refractivity contribution in [3.05, 3.63) is 88.9 Å². The van der Waals surface area contributed by atoms with Gasteiger partial charge in [0.15, 0.2) is 0 Å². The highest BCUT2D eigenvalue weighted by atomic mass is 79.9. The third-order valence-electron chi connectivity index (χ3n) is 5.35. The summed E-state index contributed by atoms with van der Waals surface area (Å²) in [5, 5.41) is 2.80. The predicted molar refractivity (Wildman–Crippen MR) is 129 cm³/mol. The standard InChI is InChI=1S/C25H22BrN3O4/c1-33-21-13-7-17(8-14-21)16-28-22(15-23(30)27-19-11-9-18(26)10-12-19)24(31)29(25(28)32)20-5-3-2-4-6-20/h2-14,22H,15-16H2,1H3,(H,27,30)/t22-/m1/s1. The number of hydrogen-bond donors (Lipinski definition) is 1. The summed E-state index contributed by atoms with van der Waals surface area (Å²) in [4.78, 5) is 42.0. The van der Waals surface area contributed by atoms with E-state index in [0.717, 1.165) is 14.9 Å². The Morgan fingerprint density at radius 3 is 2.27 bits per heavy atom. The van der Waals surface area contributed by atoms with Crippen molar-refractivity contribution in [2.75, 3.05) is 17.3 Å². The van der Waals surface area contributed by atoms with Gasteiger partial charge in [0, 0.05) is 16.7 Å². The molecule has 0 unspecified atom stereocenters. The number of halogens is 1. The Bertz CT molecular complexity index is 1150. The number of nitrogens with one attached hydrogen (secondary N) is 1. The van der Waals surface area contributed by atoms with E-state index < -0.39 is 18.0 Å². The zero-order valence-corrected chi connectivity index (χ0v) is 19.5. The summed E-state index contributed by atoms with van der Waals surface area (Å²) in [6.45, 7) is 0.189. The Morgan fingerprint density at radius 1 is 0.970 bits per heavy atom. The smallest absolute Gasteiger partial charge is 0.332 e. The van der Waals surface area contributed by atoms with Crippen LogP contribution >= 0.6 is 15.9 Å². The molecule has 1 aliphatic rings. The molecule has 168 valence electrons. The van der Waals surface area contributed by atoms with Crippen molar-refractivity contribution < 1.29 is 19.1 Å². The summed E-state index contributed by atoms with van der Waals surface area (Å²) < 4.78 is 6.08. The fourth-order valence-electron chi connectivity index (χ4n) is 3.68. The molecule has 0 radical (unpaired) electrons. The number of para-hydroxylation sites is 1. The van der Waals surface area contributed by atoms with Crippen LogP contribution in [0.1, 0.15) is 12.0 Å². The summed E-state index contributed by atoms with van der Waals surface area (Å²) in [5.74, 6) is -0.0808. The molecule has 3 aromatic rings. The molecule has 0 saturated carbocycles. The minimum Gasteiger partial charge on any atom is -0.497 e. The molecule has 0 bridgehead atoms. The highest BCUT2D eigenvalue weighted by molar-refractivity contribution is 9.10. The predicted octanol–water partition coefficient (Wildman–Crippen LogP) is 4.82. The maximum atomic E-state index is 13.3. The number of benzene rings is 3. The lowest BCUT2D eigenvalue weighted by molar-refractivity contribution is -0.124. The van der Waals surface area contributed by atoms with Gasteiger partial charge >= 0.3 is 6.03 Å². The van der Waals surface area contributed by atoms with Crippen molar-refractivity contribution in [3.63, 3.8) is 0 Å². The average Bonchev–Trinajstić information content (AvgIpc) is 3.05. The molecule has 1 fully saturated rings. The van der Waals surface area contributed by atoms with Gasteiger partial charge in [0.05, 0.1) is 19.2 Å². The van der Waals surface area contributed by atoms with E-state index in [0.29, 0.717) is 17.1 Å². The molecule has 4 rings (SSSR count). The van der Waals surface area contributed by atoms with Gasteiger partial charge in [-0.3, -0.25) is 9.59 Å². The van der Waals surface area contributed by atoms with Gasteiger partial charge in [-0.05, 0) is 54.1 Å². The maximum Gasteiger partial charge on any atom is 0.332 e. The molecule has 1 aliphatic heterocycles. The largest absolute Gasteiger partial charge is 0.497 e. The van der Waals surface area contributed by atoms with E-state index >= 15 is 0 Å². The highest BCUT2D eigenvalue weighted by Gasteiger charge is 2.46. The van der Waals surface area contributed by atoms with Gasteiger partial charge in [-0.15, -0.1) is 0 Å². The Kier molecular flexibility index (Phi) is 6.74. The van der Waals surface area contributed by atoms with Crippen LogP contribution in [0.4, 0.5) is 16.2 Å². The maximum absolute atomic E-state index is 13.3. The molecule has 4 amide bonds. The topological polar surface area (TPSA) is 79.0 Å². The minimum atomic E-state index is -0.921. The van der Waals surface area contributed by atoms with Crippen LogP contribution in [0.3, 0.4) is 0 Å². The van der Waals surface area contributed by atoms with Gasteiger partial charge < -0.3 is 15.0 Å². The van der Waals surface area contributed by atoms with E-state index in [1.165, 1.54) is 4.90 Å². The van der Waals surface area contributed by atoms with E-state index in [1.54, 1.807) is 55.6 Å². The number of carbonyl (C=O) groups excluding carboxylic acids is 3. The molecule has 1 N–H and O–H groups in total. The number of nitrogens with zero attached hydrogens (tertiary/aromatic N) is 2. The molecule has 3 aromatic carbocycles. The number of hydrogen-bond acceptors (Lipinski definition) is 4. The molecule has 7 nitrogen and oxygen atoms in total. The van der Waals surface area contributed by atoms with E-state index in [1.807, 2.05) is 30.3 Å². The Balaban J connectivity index is 1.58. The third kappa shape index (κ3) is 5.06. The average molecular weight is 508 g/mol. The molecular formula is C25H22BrN3O4. The van der Waals surface area contributed by atoms with Crippen LogP contribution in [0.5, 0.6) is 5.75 Å². The van der Waals surface area contributed by atoms with E-state index in [4.69, 9.17) is 4.74 Å². The number of anilines is 2. The number of urea groups is 1. The summed E-state index contributed by atoms with van der Waals surface area (Å²) in [7, 11) is 1.58. The van der Waals surface area contributed by atoms with Gasteiger partial charge in [-0.2, -0.15) is 0 Å². The second kappa shape index (κ2) is 9.87. The van der Waals surface area contributed by atoms with E-state index in [-0.39, 0.29) is 18.9 Å². The van der Waals surface area contributed by atoms with Crippen LogP contribution in [0.25, 0.3) is 0 Å². The monoisotopic (exact) mass is 507 g/mol. The second-order valence-electron chi connectivity index (χ2n) is 7.54. The number of rotatable bonds is 7. The first-order valence-corrected chi connectivity index (χ1v) is 11.1. The third-order valence-corrected chi connectivity index (χ3v) is 5.88. The molecule has 1 heterocycles. The van der Waals surface area contributed by atoms with Crippen molar-refractivity contribution in [2.24, 2.45) is 0 Å². The molecule has 0 aliphatic carbocycles. The Hall–Kier alpha value is -3.65. The zero-order valence-electron chi connectivity index (χ0n) is 17.9. The van der Waals surface area contributed by atoms with Crippen molar-refractivity contribution >= 4 is 45.2 Å². The van der Waals surface area contributed by atoms with Crippen LogP contribution in [0.2, 0.25) is 0 Å². The fourth-order valence-corrected chi connectivity index (χ4v) is 3.94. The molecule has 33 heavy (non-hydrogen) atoms. The van der Waals surface area contributed by atoms with Crippen molar-refractivity contribution in [1.82, 2.24) is 4.90 Å². The lowest BCUT2D eigenvalue weighted by Gasteiger charge is -2.22.